The van der Waals surface area contributed by atoms with E-state index in [9.17, 15) is 4.79 Å². The van der Waals surface area contributed by atoms with Gasteiger partial charge in [-0.2, -0.15) is 0 Å². The summed E-state index contributed by atoms with van der Waals surface area (Å²) < 4.78 is 5.27. The van der Waals surface area contributed by atoms with Crippen molar-refractivity contribution in [1.29, 1.82) is 0 Å². The molecule has 0 N–H and O–H groups in total. The Labute approximate surface area is 128 Å². The van der Waals surface area contributed by atoms with Gasteiger partial charge < -0.3 is 4.74 Å². The van der Waals surface area contributed by atoms with Crippen molar-refractivity contribution in [3.63, 3.8) is 0 Å². The van der Waals surface area contributed by atoms with Crippen LogP contribution < -0.4 is 0 Å². The van der Waals surface area contributed by atoms with Crippen LogP contribution in [-0.4, -0.2) is 12.6 Å². The van der Waals surface area contributed by atoms with Gasteiger partial charge in [0, 0.05) is 22.9 Å². The second-order valence-corrected chi connectivity index (χ2v) is 5.88. The van der Waals surface area contributed by atoms with Gasteiger partial charge in [0.25, 0.3) is 0 Å². The highest BCUT2D eigenvalue weighted by Crippen LogP contribution is 2.43. The number of halogens is 1. The average molecular weight is 297 g/mol. The van der Waals surface area contributed by atoms with Gasteiger partial charge in [0.1, 0.15) is 6.61 Å². The summed E-state index contributed by atoms with van der Waals surface area (Å²) >= 11 is 5.99. The topological polar surface area (TPSA) is 26.3 Å². The Balaban J connectivity index is 1.91. The lowest BCUT2D eigenvalue weighted by atomic mass is 9.75. The van der Waals surface area contributed by atoms with E-state index in [-0.39, 0.29) is 11.9 Å². The fourth-order valence-electron chi connectivity index (χ4n) is 3.28. The number of rotatable bonds is 1. The minimum Gasteiger partial charge on any atom is -0.458 e. The van der Waals surface area contributed by atoms with Crippen LogP contribution in [0.25, 0.3) is 0 Å². The Morgan fingerprint density at radius 2 is 1.81 bits per heavy atom. The highest BCUT2D eigenvalue weighted by atomic mass is 35.5. The highest BCUT2D eigenvalue weighted by molar-refractivity contribution is 6.30. The van der Waals surface area contributed by atoms with Crippen LogP contribution in [0.15, 0.2) is 59.7 Å². The lowest BCUT2D eigenvalue weighted by Crippen LogP contribution is -2.16. The molecule has 1 aliphatic heterocycles. The van der Waals surface area contributed by atoms with Gasteiger partial charge in [0.2, 0.25) is 0 Å². The molecule has 21 heavy (non-hydrogen) atoms. The number of carbonyl (C=O) groups is 1. The first-order chi connectivity index (χ1) is 10.2. The molecule has 2 aliphatic rings. The zero-order chi connectivity index (χ0) is 14.4. The second kappa shape index (κ2) is 4.74. The third-order valence-electron chi connectivity index (χ3n) is 4.28. The molecule has 0 saturated heterocycles. The first-order valence-electron chi connectivity index (χ1n) is 6.96. The summed E-state index contributed by atoms with van der Waals surface area (Å²) in [6, 6.07) is 16.1. The summed E-state index contributed by atoms with van der Waals surface area (Å²) in [6.07, 6.45) is 0.675. The summed E-state index contributed by atoms with van der Waals surface area (Å²) in [6.45, 7) is 0.399. The van der Waals surface area contributed by atoms with Gasteiger partial charge in [-0.05, 0) is 34.4 Å². The minimum absolute atomic E-state index is 0.0914. The van der Waals surface area contributed by atoms with Crippen LogP contribution in [0.2, 0.25) is 5.02 Å². The maximum atomic E-state index is 11.9. The van der Waals surface area contributed by atoms with Crippen LogP contribution in [0.1, 0.15) is 22.6 Å². The summed E-state index contributed by atoms with van der Waals surface area (Å²) in [5, 5.41) is 0.718. The Kier molecular flexibility index (Phi) is 2.86. The Bertz CT molecular complexity index is 759. The van der Waals surface area contributed by atoms with E-state index < -0.39 is 0 Å². The lowest BCUT2D eigenvalue weighted by molar-refractivity contribution is -0.136. The number of benzene rings is 2. The summed E-state index contributed by atoms with van der Waals surface area (Å²) in [5.74, 6) is -0.0767. The van der Waals surface area contributed by atoms with Gasteiger partial charge in [-0.25, -0.2) is 4.79 Å². The molecule has 0 spiro atoms. The Morgan fingerprint density at radius 1 is 1.05 bits per heavy atom. The van der Waals surface area contributed by atoms with E-state index in [0.717, 1.165) is 21.7 Å². The predicted molar refractivity (Wildman–Crippen MR) is 81.4 cm³/mol. The van der Waals surface area contributed by atoms with Gasteiger partial charge in [0.05, 0.1) is 0 Å². The van der Waals surface area contributed by atoms with Crippen molar-refractivity contribution < 1.29 is 9.53 Å². The van der Waals surface area contributed by atoms with Crippen LogP contribution in [0.3, 0.4) is 0 Å². The number of carbonyl (C=O) groups excluding carboxylic acids is 1. The standard InChI is InChI=1S/C18H13ClO2/c19-13-7-5-11(6-8-13)17-14-4-2-1-3-12(14)9-15-16(17)10-21-18(15)20/h1-8,17H,9-10H2. The lowest BCUT2D eigenvalue weighted by Gasteiger charge is -2.26. The molecule has 0 aromatic heterocycles. The van der Waals surface area contributed by atoms with Crippen molar-refractivity contribution in [2.24, 2.45) is 0 Å². The molecule has 2 aromatic carbocycles. The SMILES string of the molecule is O=C1OCC2=C1Cc1ccccc1C2c1ccc(Cl)cc1. The van der Waals surface area contributed by atoms with Gasteiger partial charge in [-0.3, -0.25) is 0 Å². The summed E-state index contributed by atoms with van der Waals surface area (Å²) in [7, 11) is 0. The first kappa shape index (κ1) is 12.7. The quantitative estimate of drug-likeness (QED) is 0.747. The molecule has 0 saturated carbocycles. The molecule has 1 heterocycles. The van der Waals surface area contributed by atoms with Gasteiger partial charge >= 0.3 is 5.97 Å². The smallest absolute Gasteiger partial charge is 0.334 e. The van der Waals surface area contributed by atoms with E-state index in [1.165, 1.54) is 11.1 Å². The molecule has 0 fully saturated rings. The summed E-state index contributed by atoms with van der Waals surface area (Å²) in [4.78, 5) is 11.9. The number of hydrogen-bond acceptors (Lipinski definition) is 2. The van der Waals surface area contributed by atoms with Crippen molar-refractivity contribution in [2.45, 2.75) is 12.3 Å². The van der Waals surface area contributed by atoms with Crippen molar-refractivity contribution in [3.8, 4) is 0 Å². The average Bonchev–Trinajstić information content (AvgIpc) is 2.87. The molecule has 0 bridgehead atoms. The first-order valence-corrected chi connectivity index (χ1v) is 7.34. The molecule has 2 aromatic rings. The van der Waals surface area contributed by atoms with Crippen molar-refractivity contribution >= 4 is 17.6 Å². The fraction of sp³-hybridized carbons (Fsp3) is 0.167. The minimum atomic E-state index is -0.168. The van der Waals surface area contributed by atoms with E-state index in [4.69, 9.17) is 16.3 Å². The van der Waals surface area contributed by atoms with Crippen LogP contribution in [0, 0.1) is 0 Å². The molecule has 4 rings (SSSR count). The number of cyclic esters (lactones) is 1. The van der Waals surface area contributed by atoms with E-state index in [0.29, 0.717) is 13.0 Å². The van der Waals surface area contributed by atoms with Crippen LogP contribution >= 0.6 is 11.6 Å². The third kappa shape index (κ3) is 1.98. The van der Waals surface area contributed by atoms with E-state index >= 15 is 0 Å². The van der Waals surface area contributed by atoms with E-state index in [1.807, 2.05) is 36.4 Å². The van der Waals surface area contributed by atoms with Crippen LogP contribution in [0.4, 0.5) is 0 Å². The van der Waals surface area contributed by atoms with Gasteiger partial charge in [-0.1, -0.05) is 48.0 Å². The fourth-order valence-corrected chi connectivity index (χ4v) is 3.41. The molecule has 0 amide bonds. The molecule has 1 atom stereocenters. The number of ether oxygens (including phenoxy) is 1. The van der Waals surface area contributed by atoms with Gasteiger partial charge in [-0.15, -0.1) is 0 Å². The second-order valence-electron chi connectivity index (χ2n) is 5.44. The molecule has 104 valence electrons. The molecule has 3 heteroatoms. The zero-order valence-corrected chi connectivity index (χ0v) is 12.1. The van der Waals surface area contributed by atoms with Crippen LogP contribution in [-0.2, 0) is 16.0 Å². The third-order valence-corrected chi connectivity index (χ3v) is 4.53. The maximum absolute atomic E-state index is 11.9. The number of fused-ring (bicyclic) bond motifs is 1. The van der Waals surface area contributed by atoms with Gasteiger partial charge in [0.15, 0.2) is 0 Å². The number of hydrogen-bond donors (Lipinski definition) is 0. The maximum Gasteiger partial charge on any atom is 0.334 e. The summed E-state index contributed by atoms with van der Waals surface area (Å²) in [5.41, 5.74) is 5.54. The van der Waals surface area contributed by atoms with Crippen LogP contribution in [0.5, 0.6) is 0 Å². The molecule has 2 nitrogen and oxygen atoms in total. The normalized spacial score (nSPS) is 20.0. The molecule has 0 radical (unpaired) electrons. The van der Waals surface area contributed by atoms with Crippen molar-refractivity contribution in [2.75, 3.05) is 6.61 Å². The molecule has 1 aliphatic carbocycles. The Morgan fingerprint density at radius 3 is 2.62 bits per heavy atom. The highest BCUT2D eigenvalue weighted by Gasteiger charge is 2.36. The number of esters is 1. The zero-order valence-electron chi connectivity index (χ0n) is 11.3. The molecular formula is C18H13ClO2. The van der Waals surface area contributed by atoms with Crippen molar-refractivity contribution in [1.82, 2.24) is 0 Å². The van der Waals surface area contributed by atoms with Crippen molar-refractivity contribution in [3.05, 3.63) is 81.4 Å². The predicted octanol–water partition coefficient (Wildman–Crippen LogP) is 3.88. The Hall–Kier alpha value is -2.06. The largest absolute Gasteiger partial charge is 0.458 e. The monoisotopic (exact) mass is 296 g/mol. The molecular weight excluding hydrogens is 284 g/mol. The molecule has 1 unspecified atom stereocenters. The van der Waals surface area contributed by atoms with E-state index in [1.54, 1.807) is 0 Å². The van der Waals surface area contributed by atoms with E-state index in [2.05, 4.69) is 12.1 Å².